The molecule has 8 nitrogen and oxygen atoms in total. The minimum absolute atomic E-state index is 0.135. The molecule has 3 aromatic rings. The Balaban J connectivity index is 1.49. The molecule has 0 saturated heterocycles. The number of hydrogen-bond acceptors (Lipinski definition) is 8. The van der Waals surface area contributed by atoms with E-state index in [1.54, 1.807) is 25.3 Å². The number of amides is 1. The van der Waals surface area contributed by atoms with E-state index in [0.29, 0.717) is 22.8 Å². The van der Waals surface area contributed by atoms with Crippen molar-refractivity contribution in [2.75, 3.05) is 13.7 Å². The highest BCUT2D eigenvalue weighted by Crippen LogP contribution is 2.33. The lowest BCUT2D eigenvalue weighted by atomic mass is 10.0. The normalized spacial score (nSPS) is 15.4. The minimum Gasteiger partial charge on any atom is -0.497 e. The van der Waals surface area contributed by atoms with Gasteiger partial charge >= 0.3 is 5.97 Å². The van der Waals surface area contributed by atoms with Gasteiger partial charge in [0.25, 0.3) is 5.91 Å². The first-order valence-corrected chi connectivity index (χ1v) is 10.6. The number of ether oxygens (including phenoxy) is 2. The maximum absolute atomic E-state index is 12.9. The number of esters is 1. The van der Waals surface area contributed by atoms with Gasteiger partial charge in [0, 0.05) is 6.42 Å². The van der Waals surface area contributed by atoms with Crippen LogP contribution in [0.5, 0.6) is 5.75 Å². The molecule has 0 spiro atoms. The lowest BCUT2D eigenvalue weighted by molar-refractivity contribution is -0.136. The van der Waals surface area contributed by atoms with Gasteiger partial charge in [0.15, 0.2) is 12.4 Å². The molecule has 1 aliphatic rings. The number of carbonyl (C=O) groups is 3. The van der Waals surface area contributed by atoms with Gasteiger partial charge in [0.05, 0.1) is 24.0 Å². The second-order valence-corrected chi connectivity index (χ2v) is 8.13. The van der Waals surface area contributed by atoms with E-state index in [0.717, 1.165) is 22.6 Å². The van der Waals surface area contributed by atoms with Crippen LogP contribution in [0.1, 0.15) is 50.1 Å². The number of furan rings is 1. The summed E-state index contributed by atoms with van der Waals surface area (Å²) in [7, 11) is 1.59. The van der Waals surface area contributed by atoms with Crippen LogP contribution in [0, 0.1) is 0 Å². The summed E-state index contributed by atoms with van der Waals surface area (Å²) in [5, 5.41) is 5.79. The van der Waals surface area contributed by atoms with Crippen molar-refractivity contribution in [2.24, 2.45) is 5.10 Å². The van der Waals surface area contributed by atoms with Crippen molar-refractivity contribution in [3.63, 3.8) is 0 Å². The fourth-order valence-electron chi connectivity index (χ4n) is 3.30. The van der Waals surface area contributed by atoms with Gasteiger partial charge in [-0.2, -0.15) is 5.10 Å². The quantitative estimate of drug-likeness (QED) is 0.396. The minimum atomic E-state index is -0.663. The Kier molecular flexibility index (Phi) is 6.18. The van der Waals surface area contributed by atoms with Gasteiger partial charge in [-0.3, -0.25) is 9.59 Å². The molecular weight excluding hydrogens is 432 g/mol. The van der Waals surface area contributed by atoms with Crippen LogP contribution in [0.4, 0.5) is 0 Å². The Morgan fingerprint density at radius 2 is 1.88 bits per heavy atom. The molecule has 0 aliphatic carbocycles. The molecule has 0 N–H and O–H groups in total. The van der Waals surface area contributed by atoms with E-state index in [2.05, 4.69) is 5.10 Å². The molecule has 4 rings (SSSR count). The Bertz CT molecular complexity index is 1160. The van der Waals surface area contributed by atoms with E-state index in [-0.39, 0.29) is 10.7 Å². The summed E-state index contributed by atoms with van der Waals surface area (Å²) in [6, 6.07) is 13.5. The monoisotopic (exact) mass is 452 g/mol. The molecule has 3 heterocycles. The average molecular weight is 452 g/mol. The number of hydrazone groups is 1. The number of benzene rings is 1. The second-order valence-electron chi connectivity index (χ2n) is 7.05. The largest absolute Gasteiger partial charge is 0.497 e. The molecule has 1 aliphatic heterocycles. The van der Waals surface area contributed by atoms with Crippen LogP contribution in [0.15, 0.2) is 64.3 Å². The van der Waals surface area contributed by atoms with Gasteiger partial charge in [-0.25, -0.2) is 9.80 Å². The van der Waals surface area contributed by atoms with Crippen molar-refractivity contribution in [3.8, 4) is 5.75 Å². The Morgan fingerprint density at radius 1 is 1.12 bits per heavy atom. The predicted molar refractivity (Wildman–Crippen MR) is 117 cm³/mol. The zero-order valence-corrected chi connectivity index (χ0v) is 18.3. The third-order valence-electron chi connectivity index (χ3n) is 4.94. The number of carbonyl (C=O) groups excluding carboxylic acids is 3. The first-order chi connectivity index (χ1) is 15.5. The van der Waals surface area contributed by atoms with Gasteiger partial charge in [-0.05, 0) is 61.0 Å². The highest BCUT2D eigenvalue weighted by atomic mass is 32.1. The lowest BCUT2D eigenvalue weighted by Gasteiger charge is -2.19. The second kappa shape index (κ2) is 9.19. The number of thiophene rings is 1. The van der Waals surface area contributed by atoms with Crippen LogP contribution in [0.25, 0.3) is 0 Å². The summed E-state index contributed by atoms with van der Waals surface area (Å²) in [6.45, 7) is 0.938. The van der Waals surface area contributed by atoms with E-state index in [4.69, 9.17) is 13.9 Å². The molecule has 32 heavy (non-hydrogen) atoms. The number of ketones is 1. The zero-order chi connectivity index (χ0) is 22.7. The van der Waals surface area contributed by atoms with Gasteiger partial charge in [-0.1, -0.05) is 0 Å². The summed E-state index contributed by atoms with van der Waals surface area (Å²) < 4.78 is 15.9. The van der Waals surface area contributed by atoms with Crippen molar-refractivity contribution < 1.29 is 28.3 Å². The molecular formula is C23H20N2O6S. The molecule has 2 aromatic heterocycles. The zero-order valence-electron chi connectivity index (χ0n) is 17.4. The molecule has 1 amide bonds. The Hall–Kier alpha value is -3.72. The molecule has 9 heteroatoms. The summed E-state index contributed by atoms with van der Waals surface area (Å²) >= 11 is 1.03. The molecule has 1 unspecified atom stereocenters. The SMILES string of the molecule is COc1ccc(C2=NN(C(=O)COC(=O)c3ccc(C(C)=O)s3)C(c3ccco3)C2)cc1. The van der Waals surface area contributed by atoms with Crippen molar-refractivity contribution in [3.05, 3.63) is 75.9 Å². The third kappa shape index (κ3) is 4.47. The molecule has 0 fully saturated rings. The Labute approximate surface area is 188 Å². The van der Waals surface area contributed by atoms with E-state index >= 15 is 0 Å². The molecule has 0 bridgehead atoms. The Morgan fingerprint density at radius 3 is 2.50 bits per heavy atom. The first-order valence-electron chi connectivity index (χ1n) is 9.81. The van der Waals surface area contributed by atoms with Gasteiger partial charge < -0.3 is 13.9 Å². The molecule has 0 saturated carbocycles. The van der Waals surface area contributed by atoms with Crippen LogP contribution < -0.4 is 4.74 Å². The smallest absolute Gasteiger partial charge is 0.348 e. The van der Waals surface area contributed by atoms with Crippen LogP contribution in [-0.2, 0) is 9.53 Å². The van der Waals surface area contributed by atoms with Crippen LogP contribution in [-0.4, -0.2) is 42.1 Å². The molecule has 0 radical (unpaired) electrons. The third-order valence-corrected chi connectivity index (χ3v) is 6.11. The maximum atomic E-state index is 12.9. The fourth-order valence-corrected chi connectivity index (χ4v) is 4.10. The van der Waals surface area contributed by atoms with Crippen molar-refractivity contribution in [1.82, 2.24) is 5.01 Å². The van der Waals surface area contributed by atoms with E-state index in [1.807, 2.05) is 24.3 Å². The van der Waals surface area contributed by atoms with E-state index in [1.165, 1.54) is 24.3 Å². The van der Waals surface area contributed by atoms with Crippen LogP contribution >= 0.6 is 11.3 Å². The molecule has 1 atom stereocenters. The number of nitrogens with zero attached hydrogens (tertiary/aromatic N) is 2. The number of hydrogen-bond donors (Lipinski definition) is 0. The summed E-state index contributed by atoms with van der Waals surface area (Å²) in [6.07, 6.45) is 1.99. The standard InChI is InChI=1S/C23H20N2O6S/c1-14(26)20-9-10-21(32-20)23(28)31-13-22(27)25-18(19-4-3-11-30-19)12-17(24-25)15-5-7-16(29-2)8-6-15/h3-11,18H,12-13H2,1-2H3. The summed E-state index contributed by atoms with van der Waals surface area (Å²) in [4.78, 5) is 37.3. The topological polar surface area (TPSA) is 98.4 Å². The average Bonchev–Trinajstić information content (AvgIpc) is 3.56. The van der Waals surface area contributed by atoms with E-state index < -0.39 is 24.5 Å². The lowest BCUT2D eigenvalue weighted by Crippen LogP contribution is -2.31. The van der Waals surface area contributed by atoms with Crippen molar-refractivity contribution in [2.45, 2.75) is 19.4 Å². The summed E-state index contributed by atoms with van der Waals surface area (Å²) in [5.41, 5.74) is 1.56. The fraction of sp³-hybridized carbons (Fsp3) is 0.217. The van der Waals surface area contributed by atoms with Gasteiger partial charge in [-0.15, -0.1) is 11.3 Å². The molecule has 1 aromatic carbocycles. The van der Waals surface area contributed by atoms with E-state index in [9.17, 15) is 14.4 Å². The summed E-state index contributed by atoms with van der Waals surface area (Å²) in [5.74, 6) is 0.0250. The molecule has 164 valence electrons. The van der Waals surface area contributed by atoms with Gasteiger partial charge in [0.1, 0.15) is 22.4 Å². The number of methoxy groups -OCH3 is 1. The number of rotatable bonds is 7. The van der Waals surface area contributed by atoms with Crippen molar-refractivity contribution in [1.29, 1.82) is 0 Å². The van der Waals surface area contributed by atoms with Gasteiger partial charge in [0.2, 0.25) is 0 Å². The maximum Gasteiger partial charge on any atom is 0.348 e. The number of Topliss-reactive ketones (excluding diaryl/α,β-unsaturated/α-hetero) is 1. The van der Waals surface area contributed by atoms with Crippen LogP contribution in [0.2, 0.25) is 0 Å². The first kappa shape index (κ1) is 21.5. The predicted octanol–water partition coefficient (Wildman–Crippen LogP) is 4.09. The highest BCUT2D eigenvalue weighted by molar-refractivity contribution is 7.15. The highest BCUT2D eigenvalue weighted by Gasteiger charge is 2.35. The van der Waals surface area contributed by atoms with Crippen molar-refractivity contribution >= 4 is 34.7 Å². The van der Waals surface area contributed by atoms with Crippen LogP contribution in [0.3, 0.4) is 0 Å².